The number of anilines is 1. The fourth-order valence-corrected chi connectivity index (χ4v) is 3.06. The number of halogens is 1. The van der Waals surface area contributed by atoms with Crippen LogP contribution in [0.25, 0.3) is 10.2 Å². The van der Waals surface area contributed by atoms with E-state index in [-0.39, 0.29) is 0 Å². The second-order valence-electron chi connectivity index (χ2n) is 4.87. The third-order valence-electron chi connectivity index (χ3n) is 3.22. The van der Waals surface area contributed by atoms with Gasteiger partial charge in [0.25, 0.3) is 5.91 Å². The molecule has 0 atom stereocenters. The van der Waals surface area contributed by atoms with Crippen LogP contribution in [0.15, 0.2) is 42.5 Å². The van der Waals surface area contributed by atoms with E-state index >= 15 is 0 Å². The third kappa shape index (κ3) is 3.98. The van der Waals surface area contributed by atoms with Crippen molar-refractivity contribution < 1.29 is 14.3 Å². The summed E-state index contributed by atoms with van der Waals surface area (Å²) in [6, 6.07) is 11.2. The summed E-state index contributed by atoms with van der Waals surface area (Å²) in [6.45, 7) is 0. The smallest absolute Gasteiger partial charge is 0.339 e. The highest BCUT2D eigenvalue weighted by atomic mass is 35.5. The number of fused-ring (bicyclic) bond motifs is 1. The van der Waals surface area contributed by atoms with Gasteiger partial charge in [-0.1, -0.05) is 29.0 Å². The van der Waals surface area contributed by atoms with E-state index in [4.69, 9.17) is 16.3 Å². The molecule has 0 bridgehead atoms. The molecular weight excluding hydrogens is 364 g/mol. The van der Waals surface area contributed by atoms with Crippen molar-refractivity contribution >= 4 is 50.2 Å². The minimum absolute atomic E-state index is 0.370. The number of thiazole rings is 1. The van der Waals surface area contributed by atoms with Crippen LogP contribution in [0, 0.1) is 0 Å². The zero-order valence-corrected chi connectivity index (χ0v) is 14.6. The van der Waals surface area contributed by atoms with E-state index < -0.39 is 11.9 Å². The molecule has 3 rings (SSSR count). The zero-order valence-electron chi connectivity index (χ0n) is 13.0. The van der Waals surface area contributed by atoms with E-state index in [0.29, 0.717) is 27.0 Å². The van der Waals surface area contributed by atoms with E-state index in [1.807, 2.05) is 12.1 Å². The van der Waals surface area contributed by atoms with E-state index in [9.17, 15) is 9.59 Å². The Balaban J connectivity index is 1.61. The number of ether oxygens (including phenoxy) is 1. The summed E-state index contributed by atoms with van der Waals surface area (Å²) in [6.07, 6.45) is 0. The molecule has 0 saturated carbocycles. The van der Waals surface area contributed by atoms with Crippen LogP contribution in [0.1, 0.15) is 10.4 Å². The summed E-state index contributed by atoms with van der Waals surface area (Å²) in [5.74, 6) is 0.163. The summed E-state index contributed by atoms with van der Waals surface area (Å²) in [5, 5.41) is 3.47. The number of benzene rings is 2. The van der Waals surface area contributed by atoms with Crippen molar-refractivity contribution in [2.24, 2.45) is 0 Å². The largest absolute Gasteiger partial charge is 0.494 e. The maximum atomic E-state index is 11.9. The lowest BCUT2D eigenvalue weighted by molar-refractivity contribution is 0.0938. The van der Waals surface area contributed by atoms with Gasteiger partial charge >= 0.3 is 6.03 Å². The Bertz CT molecular complexity index is 927. The molecular formula is C16H13ClN4O3S. The Labute approximate surface area is 151 Å². The average Bonchev–Trinajstić information content (AvgIpc) is 3.02. The molecule has 0 aliphatic carbocycles. The highest BCUT2D eigenvalue weighted by Gasteiger charge is 2.12. The molecule has 3 N–H and O–H groups in total. The van der Waals surface area contributed by atoms with Crippen molar-refractivity contribution in [2.45, 2.75) is 0 Å². The lowest BCUT2D eigenvalue weighted by atomic mass is 10.2. The Kier molecular flexibility index (Phi) is 5.01. The molecule has 3 aromatic rings. The quantitative estimate of drug-likeness (QED) is 0.610. The van der Waals surface area contributed by atoms with Gasteiger partial charge in [0.1, 0.15) is 11.3 Å². The number of hydrazine groups is 1. The van der Waals surface area contributed by atoms with Crippen molar-refractivity contribution in [3.63, 3.8) is 0 Å². The maximum Gasteiger partial charge on any atom is 0.339 e. The fourth-order valence-electron chi connectivity index (χ4n) is 2.06. The van der Waals surface area contributed by atoms with Gasteiger partial charge in [0.15, 0.2) is 5.13 Å². The molecule has 25 heavy (non-hydrogen) atoms. The summed E-state index contributed by atoms with van der Waals surface area (Å²) in [5.41, 5.74) is 5.60. The minimum atomic E-state index is -0.611. The van der Waals surface area contributed by atoms with Gasteiger partial charge in [-0.3, -0.25) is 15.5 Å². The first-order valence-corrected chi connectivity index (χ1v) is 8.32. The molecule has 0 radical (unpaired) electrons. The Morgan fingerprint density at radius 1 is 1.12 bits per heavy atom. The number of para-hydroxylation sites is 1. The molecule has 1 aromatic heterocycles. The molecule has 1 heterocycles. The minimum Gasteiger partial charge on any atom is -0.494 e. The molecule has 0 aliphatic rings. The van der Waals surface area contributed by atoms with Crippen LogP contribution >= 0.6 is 22.9 Å². The van der Waals surface area contributed by atoms with Crippen LogP contribution in [0.4, 0.5) is 9.93 Å². The SMILES string of the molecule is COc1cccc2sc(NC(=O)NNC(=O)c3ccc(Cl)cc3)nc12. The summed E-state index contributed by atoms with van der Waals surface area (Å²) in [4.78, 5) is 28.1. The van der Waals surface area contributed by atoms with Crippen molar-refractivity contribution in [3.8, 4) is 5.75 Å². The summed E-state index contributed by atoms with van der Waals surface area (Å²) in [7, 11) is 1.56. The Morgan fingerprint density at radius 3 is 2.60 bits per heavy atom. The molecule has 7 nitrogen and oxygen atoms in total. The van der Waals surface area contributed by atoms with Crippen molar-refractivity contribution in [2.75, 3.05) is 12.4 Å². The van der Waals surface area contributed by atoms with Gasteiger partial charge < -0.3 is 4.74 Å². The fraction of sp³-hybridized carbons (Fsp3) is 0.0625. The molecule has 0 aliphatic heterocycles. The van der Waals surface area contributed by atoms with Gasteiger partial charge in [-0.05, 0) is 36.4 Å². The Hall–Kier alpha value is -2.84. The lowest BCUT2D eigenvalue weighted by Crippen LogP contribution is -2.43. The number of urea groups is 1. The number of amides is 3. The highest BCUT2D eigenvalue weighted by Crippen LogP contribution is 2.31. The van der Waals surface area contributed by atoms with Crippen LogP contribution in [-0.4, -0.2) is 24.0 Å². The molecule has 128 valence electrons. The molecule has 0 unspecified atom stereocenters. The molecule has 2 aromatic carbocycles. The van der Waals surface area contributed by atoms with E-state index in [1.54, 1.807) is 37.4 Å². The molecule has 0 saturated heterocycles. The average molecular weight is 377 g/mol. The van der Waals surface area contributed by atoms with Gasteiger partial charge in [0.05, 0.1) is 11.8 Å². The zero-order chi connectivity index (χ0) is 17.8. The standard InChI is InChI=1S/C16H13ClN4O3S/c1-24-11-3-2-4-12-13(11)18-16(25-12)19-15(23)21-20-14(22)9-5-7-10(17)8-6-9/h2-8H,1H3,(H,20,22)(H2,18,19,21,23). The molecule has 0 spiro atoms. The van der Waals surface area contributed by atoms with Gasteiger partial charge in [-0.15, -0.1) is 0 Å². The first kappa shape index (κ1) is 17.0. The van der Waals surface area contributed by atoms with Crippen molar-refractivity contribution in [1.82, 2.24) is 15.8 Å². The number of methoxy groups -OCH3 is 1. The predicted molar refractivity (Wildman–Crippen MR) is 97.2 cm³/mol. The summed E-state index contributed by atoms with van der Waals surface area (Å²) < 4.78 is 6.11. The lowest BCUT2D eigenvalue weighted by Gasteiger charge is -2.07. The normalized spacial score (nSPS) is 10.3. The number of hydrogen-bond acceptors (Lipinski definition) is 5. The van der Waals surface area contributed by atoms with Crippen molar-refractivity contribution in [3.05, 3.63) is 53.1 Å². The van der Waals surface area contributed by atoms with Gasteiger partial charge in [-0.2, -0.15) is 0 Å². The first-order chi connectivity index (χ1) is 12.1. The third-order valence-corrected chi connectivity index (χ3v) is 4.41. The predicted octanol–water partition coefficient (Wildman–Crippen LogP) is 3.42. The second-order valence-corrected chi connectivity index (χ2v) is 6.33. The van der Waals surface area contributed by atoms with Crippen LogP contribution in [0.5, 0.6) is 5.75 Å². The van der Waals surface area contributed by atoms with Gasteiger partial charge in [0, 0.05) is 10.6 Å². The van der Waals surface area contributed by atoms with Gasteiger partial charge in [0.2, 0.25) is 0 Å². The van der Waals surface area contributed by atoms with E-state index in [2.05, 4.69) is 21.2 Å². The number of rotatable bonds is 3. The highest BCUT2D eigenvalue weighted by molar-refractivity contribution is 7.22. The monoisotopic (exact) mass is 376 g/mol. The van der Waals surface area contributed by atoms with Crippen LogP contribution < -0.4 is 20.9 Å². The maximum absolute atomic E-state index is 11.9. The number of nitrogens with zero attached hydrogens (tertiary/aromatic N) is 1. The number of hydrogen-bond donors (Lipinski definition) is 3. The summed E-state index contributed by atoms with van der Waals surface area (Å²) >= 11 is 7.06. The molecule has 3 amide bonds. The van der Waals surface area contributed by atoms with Crippen LogP contribution in [0.2, 0.25) is 5.02 Å². The topological polar surface area (TPSA) is 92.4 Å². The molecule has 0 fully saturated rings. The van der Waals surface area contributed by atoms with Crippen LogP contribution in [-0.2, 0) is 0 Å². The number of aromatic nitrogens is 1. The van der Waals surface area contributed by atoms with E-state index in [0.717, 1.165) is 4.70 Å². The number of carbonyl (C=O) groups is 2. The number of carbonyl (C=O) groups excluding carboxylic acids is 2. The Morgan fingerprint density at radius 2 is 1.88 bits per heavy atom. The van der Waals surface area contributed by atoms with E-state index in [1.165, 1.54) is 11.3 Å². The van der Waals surface area contributed by atoms with Gasteiger partial charge in [-0.25, -0.2) is 15.2 Å². The van der Waals surface area contributed by atoms with Crippen LogP contribution in [0.3, 0.4) is 0 Å². The molecule has 9 heteroatoms. The number of nitrogens with one attached hydrogen (secondary N) is 3. The first-order valence-electron chi connectivity index (χ1n) is 7.13. The second kappa shape index (κ2) is 7.37. The van der Waals surface area contributed by atoms with Crippen molar-refractivity contribution in [1.29, 1.82) is 0 Å².